The maximum Gasteiger partial charge on any atom is 0.331 e. The Kier molecular flexibility index (Phi) is 4.16. The molecule has 29 heavy (non-hydrogen) atoms. The van der Waals surface area contributed by atoms with E-state index in [1.165, 1.54) is 0 Å². The number of aryl methyl sites for hydroxylation is 1. The highest BCUT2D eigenvalue weighted by Crippen LogP contribution is 2.26. The Bertz CT molecular complexity index is 1180. The molecule has 0 aliphatic carbocycles. The van der Waals surface area contributed by atoms with Crippen molar-refractivity contribution >= 4 is 5.97 Å². The van der Waals surface area contributed by atoms with Crippen molar-refractivity contribution in [1.82, 2.24) is 29.5 Å². The summed E-state index contributed by atoms with van der Waals surface area (Å²) in [5, 5.41) is 8.53. The lowest BCUT2D eigenvalue weighted by molar-refractivity contribution is -0.140. The predicted molar refractivity (Wildman–Crippen MR) is 106 cm³/mol. The van der Waals surface area contributed by atoms with Gasteiger partial charge in [-0.3, -0.25) is 9.36 Å². The summed E-state index contributed by atoms with van der Waals surface area (Å²) >= 11 is 0. The van der Waals surface area contributed by atoms with Gasteiger partial charge in [0.1, 0.15) is 0 Å². The number of benzene rings is 1. The zero-order valence-corrected chi connectivity index (χ0v) is 15.8. The summed E-state index contributed by atoms with van der Waals surface area (Å²) in [7, 11) is 1.90. The number of carbonyl (C=O) groups excluding carboxylic acids is 1. The first-order chi connectivity index (χ1) is 14.2. The molecule has 0 spiro atoms. The van der Waals surface area contributed by atoms with Gasteiger partial charge >= 0.3 is 5.97 Å². The van der Waals surface area contributed by atoms with E-state index in [0.29, 0.717) is 18.9 Å². The highest BCUT2D eigenvalue weighted by atomic mass is 16.5. The molecule has 4 aromatic rings. The Hall–Kier alpha value is -3.81. The van der Waals surface area contributed by atoms with Gasteiger partial charge in [0.2, 0.25) is 0 Å². The molecule has 8 nitrogen and oxygen atoms in total. The molecule has 0 amide bonds. The number of cyclic esters (lactones) is 1. The fourth-order valence-electron chi connectivity index (χ4n) is 3.42. The number of nitrogens with zero attached hydrogens (tertiary/aromatic N) is 6. The lowest BCUT2D eigenvalue weighted by atomic mass is 10.1. The molecule has 3 aromatic heterocycles. The zero-order valence-electron chi connectivity index (χ0n) is 15.8. The third-order valence-corrected chi connectivity index (χ3v) is 4.97. The molecule has 1 aliphatic heterocycles. The highest BCUT2D eigenvalue weighted by Gasteiger charge is 2.28. The first kappa shape index (κ1) is 17.3. The molecule has 1 atom stereocenters. The van der Waals surface area contributed by atoms with Gasteiger partial charge in [-0.25, -0.2) is 14.8 Å². The van der Waals surface area contributed by atoms with E-state index in [0.717, 1.165) is 27.8 Å². The van der Waals surface area contributed by atoms with Crippen LogP contribution in [0, 0.1) is 0 Å². The van der Waals surface area contributed by atoms with Crippen LogP contribution in [0.1, 0.15) is 12.5 Å². The van der Waals surface area contributed by atoms with E-state index in [9.17, 15) is 4.79 Å². The first-order valence-corrected chi connectivity index (χ1v) is 9.30. The molecule has 1 fully saturated rings. The van der Waals surface area contributed by atoms with Gasteiger partial charge in [-0.05, 0) is 11.6 Å². The summed E-state index contributed by atoms with van der Waals surface area (Å²) in [4.78, 5) is 20.8. The number of carbonyl (C=O) groups is 1. The topological polar surface area (TPSA) is 87.7 Å². The average Bonchev–Trinajstić information content (AvgIpc) is 3.49. The fraction of sp³-hybridized carbons (Fsp3) is 0.190. The lowest BCUT2D eigenvalue weighted by Crippen LogP contribution is -2.14. The SMILES string of the molecule is Cn1cc(-c2cccc(-c3ncc(-c4cnn(C5CCOC5=O)c4)cn3)c2)cn1. The van der Waals surface area contributed by atoms with Crippen LogP contribution in [0.15, 0.2) is 61.4 Å². The van der Waals surface area contributed by atoms with E-state index in [2.05, 4.69) is 26.2 Å². The summed E-state index contributed by atoms with van der Waals surface area (Å²) < 4.78 is 8.44. The maximum absolute atomic E-state index is 11.7. The molecular weight excluding hydrogens is 368 g/mol. The molecule has 8 heteroatoms. The Morgan fingerprint density at radius 3 is 2.41 bits per heavy atom. The standard InChI is InChI=1S/C21H18N6O2/c1-26-12-17(10-24-26)14-3-2-4-15(7-14)20-22-8-16(9-23-20)18-11-25-27(13-18)19-5-6-29-21(19)28/h2-4,7-13,19H,5-6H2,1H3. The summed E-state index contributed by atoms with van der Waals surface area (Å²) in [6.07, 6.45) is 11.5. The maximum atomic E-state index is 11.7. The van der Waals surface area contributed by atoms with E-state index < -0.39 is 0 Å². The fourth-order valence-corrected chi connectivity index (χ4v) is 3.42. The Morgan fingerprint density at radius 1 is 0.931 bits per heavy atom. The molecule has 144 valence electrons. The van der Waals surface area contributed by atoms with Gasteiger partial charge in [0.05, 0.1) is 19.0 Å². The summed E-state index contributed by atoms with van der Waals surface area (Å²) in [6, 6.07) is 7.71. The minimum atomic E-state index is -0.348. The molecule has 1 unspecified atom stereocenters. The average molecular weight is 386 g/mol. The largest absolute Gasteiger partial charge is 0.464 e. The molecule has 1 saturated heterocycles. The van der Waals surface area contributed by atoms with Gasteiger partial charge in [-0.15, -0.1) is 0 Å². The van der Waals surface area contributed by atoms with Gasteiger partial charge < -0.3 is 4.74 Å². The second-order valence-electron chi connectivity index (χ2n) is 6.96. The van der Waals surface area contributed by atoms with Gasteiger partial charge in [-0.1, -0.05) is 18.2 Å². The van der Waals surface area contributed by atoms with Gasteiger partial charge in [-0.2, -0.15) is 10.2 Å². The first-order valence-electron chi connectivity index (χ1n) is 9.30. The highest BCUT2D eigenvalue weighted by molar-refractivity contribution is 5.76. The van der Waals surface area contributed by atoms with Crippen molar-refractivity contribution < 1.29 is 9.53 Å². The summed E-state index contributed by atoms with van der Waals surface area (Å²) in [6.45, 7) is 0.439. The van der Waals surface area contributed by atoms with Crippen LogP contribution in [-0.2, 0) is 16.6 Å². The van der Waals surface area contributed by atoms with Crippen LogP contribution in [0.3, 0.4) is 0 Å². The van der Waals surface area contributed by atoms with Crippen molar-refractivity contribution in [3.8, 4) is 33.6 Å². The minimum Gasteiger partial charge on any atom is -0.464 e. The molecule has 1 aliphatic rings. The third kappa shape index (κ3) is 3.29. The number of hydrogen-bond donors (Lipinski definition) is 0. The van der Waals surface area contributed by atoms with E-state index in [1.807, 2.05) is 43.8 Å². The zero-order chi connectivity index (χ0) is 19.8. The van der Waals surface area contributed by atoms with Crippen LogP contribution in [0.2, 0.25) is 0 Å². The van der Waals surface area contributed by atoms with Crippen molar-refractivity contribution in [1.29, 1.82) is 0 Å². The second kappa shape index (κ2) is 6.97. The van der Waals surface area contributed by atoms with Crippen molar-refractivity contribution in [2.45, 2.75) is 12.5 Å². The van der Waals surface area contributed by atoms with Gasteiger partial charge in [0, 0.05) is 60.5 Å². The number of rotatable bonds is 4. The van der Waals surface area contributed by atoms with Crippen molar-refractivity contribution in [2.24, 2.45) is 7.05 Å². The lowest BCUT2D eigenvalue weighted by Gasteiger charge is -2.05. The molecular formula is C21H18N6O2. The third-order valence-electron chi connectivity index (χ3n) is 4.97. The van der Waals surface area contributed by atoms with Gasteiger partial charge in [0.15, 0.2) is 11.9 Å². The van der Waals surface area contributed by atoms with E-state index in [-0.39, 0.29) is 12.0 Å². The predicted octanol–water partition coefficient (Wildman–Crippen LogP) is 2.90. The molecule has 4 heterocycles. The second-order valence-corrected chi connectivity index (χ2v) is 6.96. The Morgan fingerprint density at radius 2 is 1.69 bits per heavy atom. The summed E-state index contributed by atoms with van der Waals surface area (Å²) in [5.41, 5.74) is 4.74. The monoisotopic (exact) mass is 386 g/mol. The normalized spacial score (nSPS) is 16.2. The summed E-state index contributed by atoms with van der Waals surface area (Å²) in [5.74, 6) is 0.408. The molecule has 0 bridgehead atoms. The number of esters is 1. The van der Waals surface area contributed by atoms with E-state index in [4.69, 9.17) is 4.74 Å². The Balaban J connectivity index is 1.40. The van der Waals surface area contributed by atoms with Crippen molar-refractivity contribution in [3.05, 3.63) is 61.4 Å². The number of aromatic nitrogens is 6. The smallest absolute Gasteiger partial charge is 0.331 e. The molecule has 5 rings (SSSR count). The molecule has 0 saturated carbocycles. The molecule has 0 radical (unpaired) electrons. The van der Waals surface area contributed by atoms with E-state index >= 15 is 0 Å². The van der Waals surface area contributed by atoms with Crippen LogP contribution in [-0.4, -0.2) is 42.1 Å². The van der Waals surface area contributed by atoms with Crippen LogP contribution in [0.4, 0.5) is 0 Å². The van der Waals surface area contributed by atoms with Crippen LogP contribution in [0.5, 0.6) is 0 Å². The van der Waals surface area contributed by atoms with Gasteiger partial charge in [0.25, 0.3) is 0 Å². The number of ether oxygens (including phenoxy) is 1. The van der Waals surface area contributed by atoms with Crippen LogP contribution in [0.25, 0.3) is 33.6 Å². The van der Waals surface area contributed by atoms with Crippen molar-refractivity contribution in [3.63, 3.8) is 0 Å². The van der Waals surface area contributed by atoms with Crippen LogP contribution < -0.4 is 0 Å². The van der Waals surface area contributed by atoms with Crippen LogP contribution >= 0.6 is 0 Å². The van der Waals surface area contributed by atoms with E-state index in [1.54, 1.807) is 28.0 Å². The minimum absolute atomic E-state index is 0.236. The molecule has 1 aromatic carbocycles. The molecule has 0 N–H and O–H groups in total. The number of hydrogen-bond acceptors (Lipinski definition) is 6. The Labute approximate surface area is 166 Å². The van der Waals surface area contributed by atoms with Crippen molar-refractivity contribution in [2.75, 3.05) is 6.61 Å². The quantitative estimate of drug-likeness (QED) is 0.501.